The van der Waals surface area contributed by atoms with Crippen molar-refractivity contribution in [3.63, 3.8) is 0 Å². The van der Waals surface area contributed by atoms with Gasteiger partial charge in [0.15, 0.2) is 6.29 Å². The average molecular weight is 214 g/mol. The van der Waals surface area contributed by atoms with Gasteiger partial charge in [-0.3, -0.25) is 0 Å². The summed E-state index contributed by atoms with van der Waals surface area (Å²) in [5, 5.41) is 8.77. The molecule has 2 rings (SSSR count). The number of aliphatic hydroxyl groups is 1. The first-order chi connectivity index (χ1) is 7.40. The SMILES string of the molecule is OCCC1CC1CCOC1CCCCO1. The van der Waals surface area contributed by atoms with Gasteiger partial charge in [-0.15, -0.1) is 0 Å². The minimum Gasteiger partial charge on any atom is -0.396 e. The van der Waals surface area contributed by atoms with Crippen molar-refractivity contribution in [2.75, 3.05) is 19.8 Å². The van der Waals surface area contributed by atoms with Crippen LogP contribution in [-0.4, -0.2) is 31.2 Å². The van der Waals surface area contributed by atoms with Gasteiger partial charge in [-0.25, -0.2) is 0 Å². The van der Waals surface area contributed by atoms with Crippen LogP contribution in [-0.2, 0) is 9.47 Å². The summed E-state index contributed by atoms with van der Waals surface area (Å²) in [6, 6.07) is 0. The quantitative estimate of drug-likeness (QED) is 0.734. The van der Waals surface area contributed by atoms with Crippen molar-refractivity contribution in [2.45, 2.75) is 44.8 Å². The van der Waals surface area contributed by atoms with Crippen molar-refractivity contribution in [2.24, 2.45) is 11.8 Å². The fourth-order valence-corrected chi connectivity index (χ4v) is 2.38. The molecule has 1 heterocycles. The van der Waals surface area contributed by atoms with Crippen LogP contribution < -0.4 is 0 Å². The first kappa shape index (κ1) is 11.4. The molecule has 1 saturated heterocycles. The lowest BCUT2D eigenvalue weighted by Crippen LogP contribution is -2.22. The molecule has 3 nitrogen and oxygen atoms in total. The van der Waals surface area contributed by atoms with E-state index in [-0.39, 0.29) is 6.29 Å². The predicted molar refractivity (Wildman–Crippen MR) is 57.5 cm³/mol. The molecular formula is C12H22O3. The van der Waals surface area contributed by atoms with E-state index < -0.39 is 0 Å². The molecule has 2 fully saturated rings. The summed E-state index contributed by atoms with van der Waals surface area (Å²) >= 11 is 0. The van der Waals surface area contributed by atoms with E-state index in [4.69, 9.17) is 14.6 Å². The number of ether oxygens (including phenoxy) is 2. The zero-order chi connectivity index (χ0) is 10.5. The number of hydrogen-bond acceptors (Lipinski definition) is 3. The first-order valence-corrected chi connectivity index (χ1v) is 6.24. The first-order valence-electron chi connectivity index (χ1n) is 6.24. The van der Waals surface area contributed by atoms with E-state index in [0.717, 1.165) is 44.3 Å². The fourth-order valence-electron chi connectivity index (χ4n) is 2.38. The molecule has 3 unspecified atom stereocenters. The Morgan fingerprint density at radius 1 is 1.20 bits per heavy atom. The van der Waals surface area contributed by atoms with Crippen LogP contribution in [0.5, 0.6) is 0 Å². The van der Waals surface area contributed by atoms with Gasteiger partial charge in [0.2, 0.25) is 0 Å². The van der Waals surface area contributed by atoms with Gasteiger partial charge in [0.25, 0.3) is 0 Å². The van der Waals surface area contributed by atoms with Gasteiger partial charge < -0.3 is 14.6 Å². The molecule has 0 aromatic rings. The topological polar surface area (TPSA) is 38.7 Å². The Morgan fingerprint density at radius 3 is 2.80 bits per heavy atom. The molecule has 1 aliphatic carbocycles. The maximum Gasteiger partial charge on any atom is 0.157 e. The van der Waals surface area contributed by atoms with Gasteiger partial charge in [0, 0.05) is 13.2 Å². The normalized spacial score (nSPS) is 35.4. The van der Waals surface area contributed by atoms with E-state index >= 15 is 0 Å². The third-order valence-electron chi connectivity index (χ3n) is 3.50. The average Bonchev–Trinajstić information content (AvgIpc) is 2.99. The summed E-state index contributed by atoms with van der Waals surface area (Å²) in [5.41, 5.74) is 0. The molecule has 0 aromatic heterocycles. The largest absolute Gasteiger partial charge is 0.396 e. The van der Waals surface area contributed by atoms with E-state index in [1.807, 2.05) is 0 Å². The van der Waals surface area contributed by atoms with Crippen molar-refractivity contribution < 1.29 is 14.6 Å². The van der Waals surface area contributed by atoms with Gasteiger partial charge in [-0.2, -0.15) is 0 Å². The molecule has 1 saturated carbocycles. The van der Waals surface area contributed by atoms with Crippen LogP contribution in [0.3, 0.4) is 0 Å². The van der Waals surface area contributed by atoms with Crippen LogP contribution in [0.2, 0.25) is 0 Å². The van der Waals surface area contributed by atoms with Crippen molar-refractivity contribution in [3.8, 4) is 0 Å². The van der Waals surface area contributed by atoms with Crippen molar-refractivity contribution in [3.05, 3.63) is 0 Å². The standard InChI is InChI=1S/C12H22O3/c13-6-4-10-9-11(10)5-8-15-12-3-1-2-7-14-12/h10-13H,1-9H2. The van der Waals surface area contributed by atoms with Crippen LogP contribution in [0.4, 0.5) is 0 Å². The third-order valence-corrected chi connectivity index (χ3v) is 3.50. The van der Waals surface area contributed by atoms with Gasteiger partial charge in [-0.05, 0) is 50.4 Å². The summed E-state index contributed by atoms with van der Waals surface area (Å²) in [6.07, 6.45) is 6.95. The second-order valence-electron chi connectivity index (χ2n) is 4.72. The van der Waals surface area contributed by atoms with Crippen molar-refractivity contribution in [1.29, 1.82) is 0 Å². The molecule has 0 amide bonds. The summed E-state index contributed by atoms with van der Waals surface area (Å²) in [7, 11) is 0. The number of rotatable bonds is 6. The highest BCUT2D eigenvalue weighted by atomic mass is 16.7. The fraction of sp³-hybridized carbons (Fsp3) is 1.00. The molecule has 15 heavy (non-hydrogen) atoms. The van der Waals surface area contributed by atoms with Crippen LogP contribution in [0.15, 0.2) is 0 Å². The highest BCUT2D eigenvalue weighted by Crippen LogP contribution is 2.43. The molecule has 3 atom stereocenters. The van der Waals surface area contributed by atoms with Gasteiger partial charge in [-0.1, -0.05) is 0 Å². The van der Waals surface area contributed by atoms with Gasteiger partial charge in [0.05, 0.1) is 6.61 Å². The minimum atomic E-state index is 0.0637. The molecule has 0 bridgehead atoms. The Morgan fingerprint density at radius 2 is 2.07 bits per heavy atom. The van der Waals surface area contributed by atoms with E-state index in [2.05, 4.69) is 0 Å². The zero-order valence-electron chi connectivity index (χ0n) is 9.36. The zero-order valence-corrected chi connectivity index (χ0v) is 9.36. The van der Waals surface area contributed by atoms with Gasteiger partial charge in [0.1, 0.15) is 0 Å². The lowest BCUT2D eigenvalue weighted by Gasteiger charge is -2.22. The van der Waals surface area contributed by atoms with E-state index in [1.54, 1.807) is 0 Å². The Bertz CT molecular complexity index is 178. The summed E-state index contributed by atoms with van der Waals surface area (Å²) < 4.78 is 11.2. The Hall–Kier alpha value is -0.120. The lowest BCUT2D eigenvalue weighted by atomic mass is 10.2. The van der Waals surface area contributed by atoms with Crippen LogP contribution >= 0.6 is 0 Å². The Balaban J connectivity index is 1.48. The maximum atomic E-state index is 8.77. The Labute approximate surface area is 91.8 Å². The van der Waals surface area contributed by atoms with E-state index in [1.165, 1.54) is 19.3 Å². The molecule has 0 aromatic carbocycles. The second-order valence-corrected chi connectivity index (χ2v) is 4.72. The molecule has 1 N–H and O–H groups in total. The van der Waals surface area contributed by atoms with E-state index in [9.17, 15) is 0 Å². The summed E-state index contributed by atoms with van der Waals surface area (Å²) in [6.45, 7) is 2.03. The van der Waals surface area contributed by atoms with E-state index in [0.29, 0.717) is 6.61 Å². The molecule has 88 valence electrons. The molecule has 2 aliphatic rings. The molecule has 0 radical (unpaired) electrons. The highest BCUT2D eigenvalue weighted by Gasteiger charge is 2.35. The van der Waals surface area contributed by atoms with Crippen molar-refractivity contribution in [1.82, 2.24) is 0 Å². The van der Waals surface area contributed by atoms with Gasteiger partial charge >= 0.3 is 0 Å². The summed E-state index contributed by atoms with van der Waals surface area (Å²) in [5.74, 6) is 1.58. The predicted octanol–water partition coefficient (Wildman–Crippen LogP) is 1.94. The smallest absolute Gasteiger partial charge is 0.157 e. The maximum absolute atomic E-state index is 8.77. The van der Waals surface area contributed by atoms with Crippen molar-refractivity contribution >= 4 is 0 Å². The highest BCUT2D eigenvalue weighted by molar-refractivity contribution is 4.85. The van der Waals surface area contributed by atoms with Crippen LogP contribution in [0, 0.1) is 11.8 Å². The van der Waals surface area contributed by atoms with Crippen LogP contribution in [0.25, 0.3) is 0 Å². The Kier molecular flexibility index (Phi) is 4.42. The third kappa shape index (κ3) is 3.74. The molecular weight excluding hydrogens is 192 g/mol. The molecule has 1 aliphatic heterocycles. The number of hydrogen-bond donors (Lipinski definition) is 1. The molecule has 3 heteroatoms. The second kappa shape index (κ2) is 5.83. The minimum absolute atomic E-state index is 0.0637. The van der Waals surface area contributed by atoms with Crippen LogP contribution in [0.1, 0.15) is 38.5 Å². The number of aliphatic hydroxyl groups excluding tert-OH is 1. The summed E-state index contributed by atoms with van der Waals surface area (Å²) in [4.78, 5) is 0. The molecule has 0 spiro atoms. The monoisotopic (exact) mass is 214 g/mol. The lowest BCUT2D eigenvalue weighted by molar-refractivity contribution is -0.163.